The summed E-state index contributed by atoms with van der Waals surface area (Å²) in [6.45, 7) is 2.45. The summed E-state index contributed by atoms with van der Waals surface area (Å²) < 4.78 is 19.6. The maximum Gasteiger partial charge on any atom is 0.125 e. The minimum Gasteiger partial charge on any atom is -0.493 e. The first-order chi connectivity index (χ1) is 10.2. The molecule has 1 unspecified atom stereocenters. The SMILES string of the molecule is CCOc1ccccc1C(O)c1cc2ccc(F)cc2s1. The van der Waals surface area contributed by atoms with Gasteiger partial charge in [0.15, 0.2) is 0 Å². The molecule has 0 radical (unpaired) electrons. The van der Waals surface area contributed by atoms with Crippen LogP contribution in [0.2, 0.25) is 0 Å². The monoisotopic (exact) mass is 302 g/mol. The van der Waals surface area contributed by atoms with Gasteiger partial charge in [-0.05, 0) is 36.6 Å². The number of halogens is 1. The fourth-order valence-electron chi connectivity index (χ4n) is 2.31. The lowest BCUT2D eigenvalue weighted by atomic mass is 10.1. The van der Waals surface area contributed by atoms with E-state index in [1.807, 2.05) is 37.3 Å². The lowest BCUT2D eigenvalue weighted by Crippen LogP contribution is -2.02. The minimum atomic E-state index is -0.770. The highest BCUT2D eigenvalue weighted by Crippen LogP contribution is 2.36. The third-order valence-electron chi connectivity index (χ3n) is 3.28. The standard InChI is InChI=1S/C17H15FO2S/c1-2-20-14-6-4-3-5-13(14)17(19)16-9-11-7-8-12(18)10-15(11)21-16/h3-10,17,19H,2H2,1H3. The van der Waals surface area contributed by atoms with E-state index >= 15 is 0 Å². The van der Waals surface area contributed by atoms with Gasteiger partial charge < -0.3 is 9.84 Å². The molecule has 108 valence electrons. The fraction of sp³-hybridized carbons (Fsp3) is 0.176. The van der Waals surface area contributed by atoms with Gasteiger partial charge >= 0.3 is 0 Å². The normalized spacial score (nSPS) is 12.5. The van der Waals surface area contributed by atoms with E-state index in [2.05, 4.69) is 0 Å². The van der Waals surface area contributed by atoms with E-state index in [-0.39, 0.29) is 5.82 Å². The highest BCUT2D eigenvalue weighted by molar-refractivity contribution is 7.19. The first kappa shape index (κ1) is 14.0. The lowest BCUT2D eigenvalue weighted by Gasteiger charge is -2.14. The molecular formula is C17H15FO2S. The van der Waals surface area contributed by atoms with Crippen molar-refractivity contribution < 1.29 is 14.2 Å². The smallest absolute Gasteiger partial charge is 0.125 e. The molecule has 1 atom stereocenters. The molecule has 1 aromatic heterocycles. The van der Waals surface area contributed by atoms with Crippen molar-refractivity contribution in [3.63, 3.8) is 0 Å². The Kier molecular flexibility index (Phi) is 3.90. The van der Waals surface area contributed by atoms with Crippen LogP contribution in [0.25, 0.3) is 10.1 Å². The third-order valence-corrected chi connectivity index (χ3v) is 4.43. The molecule has 0 aliphatic rings. The number of fused-ring (bicyclic) bond motifs is 1. The molecule has 0 aliphatic carbocycles. The first-order valence-corrected chi connectivity index (χ1v) is 7.59. The van der Waals surface area contributed by atoms with Gasteiger partial charge in [-0.2, -0.15) is 0 Å². The molecule has 2 aromatic carbocycles. The van der Waals surface area contributed by atoms with Crippen LogP contribution in [0, 0.1) is 5.82 Å². The van der Waals surface area contributed by atoms with Crippen LogP contribution in [0.3, 0.4) is 0 Å². The van der Waals surface area contributed by atoms with Gasteiger partial charge in [0, 0.05) is 15.1 Å². The predicted molar refractivity (Wildman–Crippen MR) is 83.5 cm³/mol. The molecule has 0 fully saturated rings. The van der Waals surface area contributed by atoms with E-state index < -0.39 is 6.10 Å². The van der Waals surface area contributed by atoms with Crippen LogP contribution >= 0.6 is 11.3 Å². The van der Waals surface area contributed by atoms with Gasteiger partial charge in [-0.1, -0.05) is 24.3 Å². The Hall–Kier alpha value is -1.91. The van der Waals surface area contributed by atoms with Crippen LogP contribution in [0.15, 0.2) is 48.5 Å². The van der Waals surface area contributed by atoms with Crippen molar-refractivity contribution in [2.75, 3.05) is 6.61 Å². The molecule has 2 nitrogen and oxygen atoms in total. The molecule has 0 aliphatic heterocycles. The molecule has 0 saturated carbocycles. The Morgan fingerprint density at radius 1 is 1.19 bits per heavy atom. The molecule has 1 heterocycles. The quantitative estimate of drug-likeness (QED) is 0.767. The van der Waals surface area contributed by atoms with E-state index in [1.165, 1.54) is 23.5 Å². The molecule has 4 heteroatoms. The summed E-state index contributed by atoms with van der Waals surface area (Å²) in [6.07, 6.45) is -0.770. The third kappa shape index (κ3) is 2.77. The summed E-state index contributed by atoms with van der Waals surface area (Å²) in [6, 6.07) is 14.0. The van der Waals surface area contributed by atoms with Crippen molar-refractivity contribution in [2.45, 2.75) is 13.0 Å². The molecule has 3 rings (SSSR count). The predicted octanol–water partition coefficient (Wildman–Crippen LogP) is 4.52. The zero-order valence-electron chi connectivity index (χ0n) is 11.5. The number of para-hydroxylation sites is 1. The van der Waals surface area contributed by atoms with Crippen molar-refractivity contribution >= 4 is 21.4 Å². The van der Waals surface area contributed by atoms with Gasteiger partial charge in [-0.3, -0.25) is 0 Å². The summed E-state index contributed by atoms with van der Waals surface area (Å²) in [7, 11) is 0. The number of hydrogen-bond donors (Lipinski definition) is 1. The van der Waals surface area contributed by atoms with Gasteiger partial charge in [-0.25, -0.2) is 4.39 Å². The molecule has 3 aromatic rings. The fourth-order valence-corrected chi connectivity index (χ4v) is 3.40. The van der Waals surface area contributed by atoms with Crippen molar-refractivity contribution in [1.29, 1.82) is 0 Å². The van der Waals surface area contributed by atoms with Gasteiger partial charge in [0.1, 0.15) is 17.7 Å². The number of aliphatic hydroxyl groups excluding tert-OH is 1. The van der Waals surface area contributed by atoms with E-state index in [0.717, 1.165) is 20.5 Å². The van der Waals surface area contributed by atoms with Gasteiger partial charge in [0.05, 0.1) is 6.61 Å². The number of benzene rings is 2. The summed E-state index contributed by atoms with van der Waals surface area (Å²) in [5, 5.41) is 11.5. The van der Waals surface area contributed by atoms with Crippen molar-refractivity contribution in [3.8, 4) is 5.75 Å². The van der Waals surface area contributed by atoms with E-state index in [4.69, 9.17) is 4.74 Å². The van der Waals surface area contributed by atoms with Gasteiger partial charge in [0.2, 0.25) is 0 Å². The lowest BCUT2D eigenvalue weighted by molar-refractivity contribution is 0.215. The second kappa shape index (κ2) is 5.84. The van der Waals surface area contributed by atoms with Crippen LogP contribution in [-0.4, -0.2) is 11.7 Å². The summed E-state index contributed by atoms with van der Waals surface area (Å²) in [5.41, 5.74) is 0.728. The maximum atomic E-state index is 13.3. The number of aliphatic hydroxyl groups is 1. The Morgan fingerprint density at radius 3 is 2.81 bits per heavy atom. The van der Waals surface area contributed by atoms with Crippen LogP contribution in [0.1, 0.15) is 23.5 Å². The highest BCUT2D eigenvalue weighted by Gasteiger charge is 2.17. The largest absolute Gasteiger partial charge is 0.493 e. The average Bonchev–Trinajstić information content (AvgIpc) is 2.90. The number of rotatable bonds is 4. The molecule has 0 amide bonds. The van der Waals surface area contributed by atoms with Crippen LogP contribution in [0.5, 0.6) is 5.75 Å². The molecule has 1 N–H and O–H groups in total. The van der Waals surface area contributed by atoms with Crippen LogP contribution < -0.4 is 4.74 Å². The zero-order valence-corrected chi connectivity index (χ0v) is 12.4. The zero-order chi connectivity index (χ0) is 14.8. The Balaban J connectivity index is 2.02. The van der Waals surface area contributed by atoms with Crippen LogP contribution in [0.4, 0.5) is 4.39 Å². The summed E-state index contributed by atoms with van der Waals surface area (Å²) in [5.74, 6) is 0.413. The second-order valence-electron chi connectivity index (χ2n) is 4.70. The van der Waals surface area contributed by atoms with Crippen molar-refractivity contribution in [1.82, 2.24) is 0 Å². The van der Waals surface area contributed by atoms with Crippen molar-refractivity contribution in [3.05, 3.63) is 64.8 Å². The van der Waals surface area contributed by atoms with Gasteiger partial charge in [-0.15, -0.1) is 11.3 Å². The van der Waals surface area contributed by atoms with Gasteiger partial charge in [0.25, 0.3) is 0 Å². The Bertz CT molecular complexity index is 766. The van der Waals surface area contributed by atoms with Crippen molar-refractivity contribution in [2.24, 2.45) is 0 Å². The molecule has 0 spiro atoms. The second-order valence-corrected chi connectivity index (χ2v) is 5.82. The van der Waals surface area contributed by atoms with E-state index in [1.54, 1.807) is 6.07 Å². The molecule has 21 heavy (non-hydrogen) atoms. The average molecular weight is 302 g/mol. The Morgan fingerprint density at radius 2 is 2.00 bits per heavy atom. The summed E-state index contributed by atoms with van der Waals surface area (Å²) >= 11 is 1.40. The number of hydrogen-bond acceptors (Lipinski definition) is 3. The van der Waals surface area contributed by atoms with Crippen LogP contribution in [-0.2, 0) is 0 Å². The molecule has 0 bridgehead atoms. The minimum absolute atomic E-state index is 0.264. The highest BCUT2D eigenvalue weighted by atomic mass is 32.1. The Labute approximate surface area is 126 Å². The number of ether oxygens (including phenoxy) is 1. The van der Waals surface area contributed by atoms with E-state index in [9.17, 15) is 9.50 Å². The topological polar surface area (TPSA) is 29.5 Å². The molecule has 0 saturated heterocycles. The maximum absolute atomic E-state index is 13.3. The number of thiophene rings is 1. The molecular weight excluding hydrogens is 287 g/mol. The summed E-state index contributed by atoms with van der Waals surface area (Å²) in [4.78, 5) is 0.780. The first-order valence-electron chi connectivity index (χ1n) is 6.78. The van der Waals surface area contributed by atoms with E-state index in [0.29, 0.717) is 12.4 Å².